The van der Waals surface area contributed by atoms with E-state index in [-0.39, 0.29) is 11.4 Å². The summed E-state index contributed by atoms with van der Waals surface area (Å²) in [6.07, 6.45) is 3.29. The van der Waals surface area contributed by atoms with Crippen molar-refractivity contribution < 1.29 is 4.79 Å². The third-order valence-electron chi connectivity index (χ3n) is 3.87. The van der Waals surface area contributed by atoms with Crippen molar-refractivity contribution in [1.29, 1.82) is 0 Å². The average Bonchev–Trinajstić information content (AvgIpc) is 2.91. The van der Waals surface area contributed by atoms with Crippen molar-refractivity contribution in [2.75, 3.05) is 5.32 Å². The first-order valence-electron chi connectivity index (χ1n) is 7.38. The van der Waals surface area contributed by atoms with Crippen LogP contribution < -0.4 is 5.32 Å². The normalized spacial score (nSPS) is 13.9. The van der Waals surface area contributed by atoms with Gasteiger partial charge in [-0.15, -0.1) is 0 Å². The van der Waals surface area contributed by atoms with Gasteiger partial charge < -0.3 is 10.2 Å². The highest BCUT2D eigenvalue weighted by Crippen LogP contribution is 2.24. The van der Waals surface area contributed by atoms with Gasteiger partial charge in [0.25, 0.3) is 0 Å². The molecule has 5 heteroatoms. The number of hydrogen-bond donors (Lipinski definition) is 1. The van der Waals surface area contributed by atoms with Crippen molar-refractivity contribution in [3.05, 3.63) is 53.6 Å². The maximum atomic E-state index is 12.3. The van der Waals surface area contributed by atoms with Crippen molar-refractivity contribution in [1.82, 2.24) is 14.9 Å². The molecule has 1 aliphatic heterocycles. The summed E-state index contributed by atoms with van der Waals surface area (Å²) in [4.78, 5) is 22.3. The largest absolute Gasteiger partial charge is 0.322 e. The zero-order valence-corrected chi connectivity index (χ0v) is 13.1. The van der Waals surface area contributed by atoms with Crippen LogP contribution in [0.4, 0.5) is 10.5 Å². The molecule has 0 aliphatic carbocycles. The van der Waals surface area contributed by atoms with Gasteiger partial charge in [0, 0.05) is 17.4 Å². The Morgan fingerprint density at radius 3 is 2.55 bits per heavy atom. The maximum absolute atomic E-state index is 12.3. The molecule has 0 fully saturated rings. The van der Waals surface area contributed by atoms with Gasteiger partial charge in [-0.25, -0.2) is 14.8 Å². The Morgan fingerprint density at radius 2 is 1.91 bits per heavy atom. The second kappa shape index (κ2) is 5.40. The number of fused-ring (bicyclic) bond motifs is 1. The molecule has 2 amide bonds. The van der Waals surface area contributed by atoms with Gasteiger partial charge in [0.15, 0.2) is 0 Å². The van der Waals surface area contributed by atoms with Gasteiger partial charge in [0.2, 0.25) is 0 Å². The molecule has 0 spiro atoms. The van der Waals surface area contributed by atoms with Crippen molar-refractivity contribution in [3.63, 3.8) is 0 Å². The quantitative estimate of drug-likeness (QED) is 0.878. The van der Waals surface area contributed by atoms with Crippen LogP contribution in [0, 0.1) is 0 Å². The standard InChI is InChI=1S/C17H20N4O/c1-17(2,3)13-4-6-14(7-5-13)20-16(22)21-9-12-8-18-11-19-15(12)10-21/h4-8,11H,9-10H2,1-3H3,(H,20,22). The second-order valence-electron chi connectivity index (χ2n) is 6.61. The monoisotopic (exact) mass is 296 g/mol. The second-order valence-corrected chi connectivity index (χ2v) is 6.61. The van der Waals surface area contributed by atoms with Crippen LogP contribution in [0.3, 0.4) is 0 Å². The summed E-state index contributed by atoms with van der Waals surface area (Å²) >= 11 is 0. The van der Waals surface area contributed by atoms with E-state index in [0.29, 0.717) is 13.1 Å². The number of benzene rings is 1. The van der Waals surface area contributed by atoms with E-state index >= 15 is 0 Å². The van der Waals surface area contributed by atoms with Gasteiger partial charge in [-0.1, -0.05) is 32.9 Å². The molecule has 3 rings (SSSR count). The van der Waals surface area contributed by atoms with Crippen molar-refractivity contribution in [2.24, 2.45) is 0 Å². The first kappa shape index (κ1) is 14.5. The number of aromatic nitrogens is 2. The minimum absolute atomic E-state index is 0.109. The van der Waals surface area contributed by atoms with E-state index in [4.69, 9.17) is 0 Å². The van der Waals surface area contributed by atoms with E-state index < -0.39 is 0 Å². The Morgan fingerprint density at radius 1 is 1.18 bits per heavy atom. The Hall–Kier alpha value is -2.43. The van der Waals surface area contributed by atoms with Gasteiger partial charge in [-0.2, -0.15) is 0 Å². The Bertz CT molecular complexity index is 664. The molecule has 0 radical (unpaired) electrons. The van der Waals surface area contributed by atoms with E-state index in [2.05, 4.69) is 48.2 Å². The third-order valence-corrected chi connectivity index (χ3v) is 3.87. The highest BCUT2D eigenvalue weighted by molar-refractivity contribution is 5.89. The first-order chi connectivity index (χ1) is 10.4. The molecule has 1 aliphatic rings. The maximum Gasteiger partial charge on any atom is 0.322 e. The SMILES string of the molecule is CC(C)(C)c1ccc(NC(=O)N2Cc3cncnc3C2)cc1. The van der Waals surface area contributed by atoms with Crippen molar-refractivity contribution in [2.45, 2.75) is 39.3 Å². The topological polar surface area (TPSA) is 58.1 Å². The fraction of sp³-hybridized carbons (Fsp3) is 0.353. The third kappa shape index (κ3) is 2.93. The van der Waals surface area contributed by atoms with Crippen LogP contribution in [-0.2, 0) is 18.5 Å². The summed E-state index contributed by atoms with van der Waals surface area (Å²) < 4.78 is 0. The lowest BCUT2D eigenvalue weighted by atomic mass is 9.87. The fourth-order valence-corrected chi connectivity index (χ4v) is 2.50. The van der Waals surface area contributed by atoms with Crippen LogP contribution in [0.15, 0.2) is 36.8 Å². The zero-order valence-electron chi connectivity index (χ0n) is 13.1. The smallest absolute Gasteiger partial charge is 0.314 e. The summed E-state index contributed by atoms with van der Waals surface area (Å²) in [5.41, 5.74) is 4.10. The molecule has 1 N–H and O–H groups in total. The van der Waals surface area contributed by atoms with Crippen molar-refractivity contribution in [3.8, 4) is 0 Å². The molecule has 5 nitrogen and oxygen atoms in total. The van der Waals surface area contributed by atoms with E-state index in [0.717, 1.165) is 16.9 Å². The van der Waals surface area contributed by atoms with Crippen LogP contribution in [-0.4, -0.2) is 20.9 Å². The molecule has 2 aromatic rings. The van der Waals surface area contributed by atoms with Crippen LogP contribution in [0.2, 0.25) is 0 Å². The van der Waals surface area contributed by atoms with Gasteiger partial charge in [-0.05, 0) is 23.1 Å². The van der Waals surface area contributed by atoms with Gasteiger partial charge in [0.1, 0.15) is 6.33 Å². The Kier molecular flexibility index (Phi) is 3.56. The zero-order chi connectivity index (χ0) is 15.7. The van der Waals surface area contributed by atoms with E-state index in [1.165, 1.54) is 11.9 Å². The molecule has 1 aromatic heterocycles. The predicted molar refractivity (Wildman–Crippen MR) is 85.4 cm³/mol. The number of hydrogen-bond acceptors (Lipinski definition) is 3. The molecular formula is C17H20N4O. The molecule has 0 atom stereocenters. The lowest BCUT2D eigenvalue weighted by molar-refractivity contribution is 0.212. The number of amides is 2. The number of anilines is 1. The van der Waals surface area contributed by atoms with Crippen LogP contribution in [0.1, 0.15) is 37.6 Å². The predicted octanol–water partition coefficient (Wildman–Crippen LogP) is 3.32. The minimum Gasteiger partial charge on any atom is -0.314 e. The fourth-order valence-electron chi connectivity index (χ4n) is 2.50. The summed E-state index contributed by atoms with van der Waals surface area (Å²) in [5, 5.41) is 2.94. The Labute approximate surface area is 130 Å². The molecule has 0 bridgehead atoms. The first-order valence-corrected chi connectivity index (χ1v) is 7.38. The lowest BCUT2D eigenvalue weighted by Gasteiger charge is -2.20. The molecule has 0 saturated heterocycles. The summed E-state index contributed by atoms with van der Waals surface area (Å²) in [6.45, 7) is 7.60. The van der Waals surface area contributed by atoms with Crippen LogP contribution in [0.5, 0.6) is 0 Å². The van der Waals surface area contributed by atoms with Gasteiger partial charge in [-0.3, -0.25) is 0 Å². The highest BCUT2D eigenvalue weighted by atomic mass is 16.2. The minimum atomic E-state index is -0.110. The lowest BCUT2D eigenvalue weighted by Crippen LogP contribution is -2.30. The summed E-state index contributed by atoms with van der Waals surface area (Å²) in [7, 11) is 0. The highest BCUT2D eigenvalue weighted by Gasteiger charge is 2.24. The molecule has 2 heterocycles. The Balaban J connectivity index is 1.66. The van der Waals surface area contributed by atoms with Gasteiger partial charge >= 0.3 is 6.03 Å². The molecule has 1 aromatic carbocycles. The molecule has 114 valence electrons. The molecule has 22 heavy (non-hydrogen) atoms. The summed E-state index contributed by atoms with van der Waals surface area (Å²) in [6, 6.07) is 7.89. The molecule has 0 unspecified atom stereocenters. The van der Waals surface area contributed by atoms with Gasteiger partial charge in [0.05, 0.1) is 18.8 Å². The van der Waals surface area contributed by atoms with E-state index in [1.807, 2.05) is 12.1 Å². The average molecular weight is 296 g/mol. The van der Waals surface area contributed by atoms with E-state index in [1.54, 1.807) is 11.1 Å². The number of nitrogens with one attached hydrogen (secondary N) is 1. The summed E-state index contributed by atoms with van der Waals surface area (Å²) in [5.74, 6) is 0. The van der Waals surface area contributed by atoms with E-state index in [9.17, 15) is 4.79 Å². The van der Waals surface area contributed by atoms with Crippen LogP contribution >= 0.6 is 0 Å². The number of carbonyl (C=O) groups excluding carboxylic acids is 1. The molecule has 0 saturated carbocycles. The number of nitrogens with zero attached hydrogens (tertiary/aromatic N) is 3. The number of carbonyl (C=O) groups is 1. The molecular weight excluding hydrogens is 276 g/mol. The number of rotatable bonds is 1. The van der Waals surface area contributed by atoms with Crippen molar-refractivity contribution >= 4 is 11.7 Å². The number of urea groups is 1. The van der Waals surface area contributed by atoms with Crippen LogP contribution in [0.25, 0.3) is 0 Å².